The Labute approximate surface area is 92.9 Å². The van der Waals surface area contributed by atoms with Gasteiger partial charge in [0.05, 0.1) is 0 Å². The van der Waals surface area contributed by atoms with Crippen LogP contribution in [0.5, 0.6) is 0 Å². The standard InChI is InChI=1S/C10H22O4S/c1-7-9(3,13-5)15(11,12)10(4,8-2)14-6/h7-8H2,1-6H3. The summed E-state index contributed by atoms with van der Waals surface area (Å²) < 4.78 is 35.0. The van der Waals surface area contributed by atoms with Crippen LogP contribution in [0.15, 0.2) is 0 Å². The van der Waals surface area contributed by atoms with Crippen LogP contribution in [-0.4, -0.2) is 32.5 Å². The summed E-state index contributed by atoms with van der Waals surface area (Å²) in [5.74, 6) is 0. The predicted octanol–water partition coefficient (Wildman–Crippen LogP) is 1.95. The fourth-order valence-corrected chi connectivity index (χ4v) is 3.46. The lowest BCUT2D eigenvalue weighted by Gasteiger charge is -2.36. The molecule has 2 unspecified atom stereocenters. The second-order valence-electron chi connectivity index (χ2n) is 3.89. The summed E-state index contributed by atoms with van der Waals surface area (Å²) in [6.45, 7) is 6.73. The molecule has 0 radical (unpaired) electrons. The molecule has 0 aromatic heterocycles. The van der Waals surface area contributed by atoms with Crippen molar-refractivity contribution in [1.82, 2.24) is 0 Å². The third-order valence-electron chi connectivity index (χ3n) is 3.28. The zero-order valence-corrected chi connectivity index (χ0v) is 11.3. The van der Waals surface area contributed by atoms with Crippen molar-refractivity contribution in [2.24, 2.45) is 0 Å². The molecule has 0 saturated carbocycles. The van der Waals surface area contributed by atoms with E-state index >= 15 is 0 Å². The number of hydrogen-bond acceptors (Lipinski definition) is 4. The van der Waals surface area contributed by atoms with Crippen LogP contribution in [0.3, 0.4) is 0 Å². The summed E-state index contributed by atoms with van der Waals surface area (Å²) in [6, 6.07) is 0. The Morgan fingerprint density at radius 3 is 1.33 bits per heavy atom. The maximum Gasteiger partial charge on any atom is 0.208 e. The van der Waals surface area contributed by atoms with Crippen LogP contribution in [0, 0.1) is 0 Å². The Bertz CT molecular complexity index is 263. The third-order valence-corrected chi connectivity index (χ3v) is 6.47. The van der Waals surface area contributed by atoms with Crippen molar-refractivity contribution in [1.29, 1.82) is 0 Å². The third kappa shape index (κ3) is 2.19. The summed E-state index contributed by atoms with van der Waals surface area (Å²) >= 11 is 0. The average Bonchev–Trinajstić information content (AvgIpc) is 2.26. The molecule has 0 N–H and O–H groups in total. The molecular weight excluding hydrogens is 216 g/mol. The van der Waals surface area contributed by atoms with Crippen LogP contribution in [0.25, 0.3) is 0 Å². The molecule has 0 bridgehead atoms. The van der Waals surface area contributed by atoms with Gasteiger partial charge in [0.2, 0.25) is 9.84 Å². The average molecular weight is 238 g/mol. The fraction of sp³-hybridized carbons (Fsp3) is 1.00. The highest BCUT2D eigenvalue weighted by molar-refractivity contribution is 7.93. The molecule has 15 heavy (non-hydrogen) atoms. The first-order valence-corrected chi connectivity index (χ1v) is 6.57. The molecule has 92 valence electrons. The van der Waals surface area contributed by atoms with E-state index in [1.165, 1.54) is 14.2 Å². The summed E-state index contributed by atoms with van der Waals surface area (Å²) in [5.41, 5.74) is 0. The highest BCUT2D eigenvalue weighted by Gasteiger charge is 2.50. The Morgan fingerprint density at radius 2 is 1.20 bits per heavy atom. The van der Waals surface area contributed by atoms with Gasteiger partial charge in [0.1, 0.15) is 0 Å². The SMILES string of the molecule is CCC(C)(OC)S(=O)(=O)C(C)(CC)OC. The van der Waals surface area contributed by atoms with Crippen molar-refractivity contribution < 1.29 is 17.9 Å². The van der Waals surface area contributed by atoms with Gasteiger partial charge in [0, 0.05) is 14.2 Å². The first-order chi connectivity index (χ1) is 6.74. The lowest BCUT2D eigenvalue weighted by atomic mass is 10.3. The summed E-state index contributed by atoms with van der Waals surface area (Å²) in [4.78, 5) is -2.37. The van der Waals surface area contributed by atoms with E-state index in [1.54, 1.807) is 27.7 Å². The molecule has 0 saturated heterocycles. The van der Waals surface area contributed by atoms with E-state index in [0.29, 0.717) is 12.8 Å². The van der Waals surface area contributed by atoms with E-state index in [-0.39, 0.29) is 0 Å². The fourth-order valence-electron chi connectivity index (χ4n) is 1.34. The molecular formula is C10H22O4S. The highest BCUT2D eigenvalue weighted by Crippen LogP contribution is 2.35. The Hall–Kier alpha value is -0.130. The van der Waals surface area contributed by atoms with E-state index in [0.717, 1.165) is 0 Å². The van der Waals surface area contributed by atoms with E-state index in [1.807, 2.05) is 0 Å². The predicted molar refractivity (Wildman–Crippen MR) is 60.3 cm³/mol. The monoisotopic (exact) mass is 238 g/mol. The van der Waals surface area contributed by atoms with Crippen LogP contribution < -0.4 is 0 Å². The van der Waals surface area contributed by atoms with Crippen molar-refractivity contribution in [3.8, 4) is 0 Å². The zero-order chi connectivity index (χ0) is 12.3. The van der Waals surface area contributed by atoms with Crippen molar-refractivity contribution in [2.75, 3.05) is 14.2 Å². The minimum absolute atomic E-state index is 0.394. The van der Waals surface area contributed by atoms with Gasteiger partial charge in [-0.2, -0.15) is 0 Å². The van der Waals surface area contributed by atoms with Crippen LogP contribution in [0.2, 0.25) is 0 Å². The van der Waals surface area contributed by atoms with E-state index in [2.05, 4.69) is 0 Å². The lowest BCUT2D eigenvalue weighted by molar-refractivity contribution is 0.0373. The van der Waals surface area contributed by atoms with Crippen molar-refractivity contribution in [3.63, 3.8) is 0 Å². The van der Waals surface area contributed by atoms with Gasteiger partial charge >= 0.3 is 0 Å². The zero-order valence-electron chi connectivity index (χ0n) is 10.5. The number of rotatable bonds is 6. The van der Waals surface area contributed by atoms with Gasteiger partial charge in [-0.3, -0.25) is 0 Å². The highest BCUT2D eigenvalue weighted by atomic mass is 32.2. The first kappa shape index (κ1) is 14.9. The van der Waals surface area contributed by atoms with E-state index in [9.17, 15) is 8.42 Å². The molecule has 0 aliphatic heterocycles. The van der Waals surface area contributed by atoms with Gasteiger partial charge in [-0.05, 0) is 26.7 Å². The lowest BCUT2D eigenvalue weighted by Crippen LogP contribution is -2.50. The second kappa shape index (κ2) is 4.80. The number of hydrogen-bond donors (Lipinski definition) is 0. The quantitative estimate of drug-likeness (QED) is 0.709. The molecule has 5 heteroatoms. The second-order valence-corrected chi connectivity index (χ2v) is 6.62. The minimum atomic E-state index is -3.51. The molecule has 0 amide bonds. The van der Waals surface area contributed by atoms with Gasteiger partial charge in [-0.25, -0.2) is 8.42 Å². The van der Waals surface area contributed by atoms with Gasteiger partial charge in [-0.1, -0.05) is 13.8 Å². The van der Waals surface area contributed by atoms with Crippen LogP contribution in [0.4, 0.5) is 0 Å². The Balaban J connectivity index is 5.48. The van der Waals surface area contributed by atoms with Crippen molar-refractivity contribution >= 4 is 9.84 Å². The molecule has 0 spiro atoms. The largest absolute Gasteiger partial charge is 0.362 e. The van der Waals surface area contributed by atoms with Gasteiger partial charge in [0.25, 0.3) is 0 Å². The summed E-state index contributed by atoms with van der Waals surface area (Å²) in [5, 5.41) is 0. The van der Waals surface area contributed by atoms with Crippen LogP contribution in [0.1, 0.15) is 40.5 Å². The van der Waals surface area contributed by atoms with Crippen molar-refractivity contribution in [3.05, 3.63) is 0 Å². The maximum absolute atomic E-state index is 12.3. The molecule has 0 fully saturated rings. The molecule has 0 heterocycles. The molecule has 0 aliphatic rings. The van der Waals surface area contributed by atoms with Gasteiger partial charge < -0.3 is 9.47 Å². The summed E-state index contributed by atoms with van der Waals surface area (Å²) in [7, 11) is -0.688. The van der Waals surface area contributed by atoms with Gasteiger partial charge in [0.15, 0.2) is 9.87 Å². The molecule has 0 aliphatic carbocycles. The normalized spacial score (nSPS) is 20.7. The maximum atomic E-state index is 12.3. The minimum Gasteiger partial charge on any atom is -0.362 e. The van der Waals surface area contributed by atoms with Gasteiger partial charge in [-0.15, -0.1) is 0 Å². The summed E-state index contributed by atoms with van der Waals surface area (Å²) in [6.07, 6.45) is 0.787. The topological polar surface area (TPSA) is 52.6 Å². The first-order valence-electron chi connectivity index (χ1n) is 5.09. The number of ether oxygens (including phenoxy) is 2. The molecule has 2 atom stereocenters. The van der Waals surface area contributed by atoms with E-state index < -0.39 is 19.7 Å². The van der Waals surface area contributed by atoms with Crippen molar-refractivity contribution in [2.45, 2.75) is 50.4 Å². The Kier molecular flexibility index (Phi) is 4.76. The molecule has 0 rings (SSSR count). The van der Waals surface area contributed by atoms with Crippen LogP contribution >= 0.6 is 0 Å². The Morgan fingerprint density at radius 1 is 0.933 bits per heavy atom. The molecule has 0 aromatic carbocycles. The van der Waals surface area contributed by atoms with E-state index in [4.69, 9.17) is 9.47 Å². The van der Waals surface area contributed by atoms with Crippen LogP contribution in [-0.2, 0) is 19.3 Å². The smallest absolute Gasteiger partial charge is 0.208 e. The number of methoxy groups -OCH3 is 2. The molecule has 0 aromatic rings. The number of sulfone groups is 1. The molecule has 4 nitrogen and oxygen atoms in total.